The van der Waals surface area contributed by atoms with Gasteiger partial charge in [0.05, 0.1) is 13.2 Å². The first kappa shape index (κ1) is 14.1. The smallest absolute Gasteiger partial charge is 0.336 e. The molecule has 0 amide bonds. The van der Waals surface area contributed by atoms with Crippen molar-refractivity contribution in [3.63, 3.8) is 0 Å². The lowest BCUT2D eigenvalue weighted by Gasteiger charge is -2.24. The molecule has 1 aromatic carbocycles. The summed E-state index contributed by atoms with van der Waals surface area (Å²) in [6.07, 6.45) is 0.741. The Kier molecular flexibility index (Phi) is 3.94. The number of benzene rings is 1. The highest BCUT2D eigenvalue weighted by Gasteiger charge is 2.17. The van der Waals surface area contributed by atoms with Crippen LogP contribution in [0.1, 0.15) is 18.1 Å². The third-order valence-corrected chi connectivity index (χ3v) is 4.05. The Bertz CT molecular complexity index is 701. The Balaban J connectivity index is 2.05. The van der Waals surface area contributed by atoms with Crippen molar-refractivity contribution in [2.75, 3.05) is 26.3 Å². The van der Waals surface area contributed by atoms with Crippen LogP contribution in [0, 0.1) is 0 Å². The predicted octanol–water partition coefficient (Wildman–Crippen LogP) is 0.476. The Morgan fingerprint density at radius 1 is 1.19 bits per heavy atom. The number of aromatic hydroxyl groups is 1. The van der Waals surface area contributed by atoms with E-state index in [0.717, 1.165) is 55.8 Å². The highest BCUT2D eigenvalue weighted by molar-refractivity contribution is 5.82. The first-order valence-electron chi connectivity index (χ1n) is 7.37. The third-order valence-electron chi connectivity index (χ3n) is 4.05. The van der Waals surface area contributed by atoms with Crippen LogP contribution in [0.2, 0.25) is 0 Å². The molecule has 1 aliphatic heterocycles. The lowest BCUT2D eigenvalue weighted by atomic mass is 10.0. The highest BCUT2D eigenvalue weighted by atomic mass is 16.5. The van der Waals surface area contributed by atoms with E-state index in [1.54, 1.807) is 12.1 Å². The van der Waals surface area contributed by atoms with E-state index in [2.05, 4.69) is 0 Å². The molecule has 2 N–H and O–H groups in total. The first-order chi connectivity index (χ1) is 10.2. The molecule has 0 atom stereocenters. The fourth-order valence-corrected chi connectivity index (χ4v) is 2.84. The largest absolute Gasteiger partial charge is 0.508 e. The summed E-state index contributed by atoms with van der Waals surface area (Å²) in [5.74, 6) is 0.184. The van der Waals surface area contributed by atoms with Gasteiger partial charge in [-0.2, -0.15) is 0 Å². The maximum Gasteiger partial charge on any atom is 0.336 e. The molecular formula is C16H20NO4+. The van der Waals surface area contributed by atoms with Gasteiger partial charge in [-0.3, -0.25) is 0 Å². The quantitative estimate of drug-likeness (QED) is 0.807. The van der Waals surface area contributed by atoms with Gasteiger partial charge in [-0.25, -0.2) is 4.79 Å². The van der Waals surface area contributed by atoms with Crippen LogP contribution < -0.4 is 10.5 Å². The molecule has 2 aromatic rings. The van der Waals surface area contributed by atoms with Crippen LogP contribution in [0.4, 0.5) is 0 Å². The number of nitrogens with one attached hydrogen (secondary N) is 1. The third kappa shape index (κ3) is 2.94. The van der Waals surface area contributed by atoms with Gasteiger partial charge in [0, 0.05) is 23.1 Å². The predicted molar refractivity (Wildman–Crippen MR) is 78.7 cm³/mol. The summed E-state index contributed by atoms with van der Waals surface area (Å²) in [4.78, 5) is 13.1. The van der Waals surface area contributed by atoms with Gasteiger partial charge < -0.3 is 19.2 Å². The van der Waals surface area contributed by atoms with E-state index in [-0.39, 0.29) is 11.4 Å². The zero-order valence-electron chi connectivity index (χ0n) is 12.1. The van der Waals surface area contributed by atoms with Crippen LogP contribution in [-0.4, -0.2) is 31.4 Å². The van der Waals surface area contributed by atoms with E-state index in [0.29, 0.717) is 5.58 Å². The molecule has 0 bridgehead atoms. The van der Waals surface area contributed by atoms with Gasteiger partial charge in [0.15, 0.2) is 0 Å². The van der Waals surface area contributed by atoms with Gasteiger partial charge in [-0.05, 0) is 18.1 Å². The Morgan fingerprint density at radius 2 is 1.95 bits per heavy atom. The second-order valence-corrected chi connectivity index (χ2v) is 5.46. The van der Waals surface area contributed by atoms with Gasteiger partial charge >= 0.3 is 5.63 Å². The van der Waals surface area contributed by atoms with Crippen molar-refractivity contribution in [3.05, 3.63) is 39.7 Å². The number of rotatable bonds is 3. The van der Waals surface area contributed by atoms with Crippen LogP contribution in [0.25, 0.3) is 11.0 Å². The van der Waals surface area contributed by atoms with Gasteiger partial charge in [0.1, 0.15) is 31.0 Å². The van der Waals surface area contributed by atoms with Gasteiger partial charge in [-0.15, -0.1) is 0 Å². The topological polar surface area (TPSA) is 64.1 Å². The minimum Gasteiger partial charge on any atom is -0.508 e. The number of hydrogen-bond acceptors (Lipinski definition) is 4. The molecule has 5 nitrogen and oxygen atoms in total. The Hall–Kier alpha value is -1.85. The van der Waals surface area contributed by atoms with E-state index < -0.39 is 0 Å². The fraction of sp³-hybridized carbons (Fsp3) is 0.438. The SMILES string of the molecule is CCc1cc2c(C[NH+]3CCOCC3)cc(=O)oc2cc1O. The number of aryl methyl sites for hydroxylation is 1. The number of fused-ring (bicyclic) bond motifs is 1. The van der Waals surface area contributed by atoms with E-state index in [4.69, 9.17) is 9.15 Å². The molecule has 3 rings (SSSR count). The number of phenols is 1. The van der Waals surface area contributed by atoms with E-state index in [1.807, 2.05) is 13.0 Å². The molecule has 0 saturated carbocycles. The van der Waals surface area contributed by atoms with Crippen LogP contribution in [0.3, 0.4) is 0 Å². The number of phenolic OH excluding ortho intramolecular Hbond substituents is 1. The average molecular weight is 290 g/mol. The average Bonchev–Trinajstić information content (AvgIpc) is 2.47. The highest BCUT2D eigenvalue weighted by Crippen LogP contribution is 2.26. The maximum atomic E-state index is 11.7. The summed E-state index contributed by atoms with van der Waals surface area (Å²) in [7, 11) is 0. The molecule has 1 aliphatic rings. The van der Waals surface area contributed by atoms with Gasteiger partial charge in [0.25, 0.3) is 0 Å². The van der Waals surface area contributed by atoms with Crippen LogP contribution in [0.5, 0.6) is 5.75 Å². The minimum absolute atomic E-state index is 0.184. The van der Waals surface area contributed by atoms with Gasteiger partial charge in [-0.1, -0.05) is 6.92 Å². The molecular weight excluding hydrogens is 270 g/mol. The molecule has 0 aliphatic carbocycles. The van der Waals surface area contributed by atoms with Crippen LogP contribution >= 0.6 is 0 Å². The summed E-state index contributed by atoms with van der Waals surface area (Å²) >= 11 is 0. The maximum absolute atomic E-state index is 11.7. The zero-order valence-corrected chi connectivity index (χ0v) is 12.1. The summed E-state index contributed by atoms with van der Waals surface area (Å²) in [6.45, 7) is 6.18. The standard InChI is InChI=1S/C16H19NO4/c1-2-11-7-13-12(10-17-3-5-20-6-4-17)8-16(19)21-15(13)9-14(11)18/h7-9,18H,2-6,10H2,1H3/p+1. The summed E-state index contributed by atoms with van der Waals surface area (Å²) in [6, 6.07) is 5.05. The number of morpholine rings is 1. The van der Waals surface area contributed by atoms with Crippen molar-refractivity contribution in [1.82, 2.24) is 0 Å². The summed E-state index contributed by atoms with van der Waals surface area (Å²) in [5.41, 5.74) is 1.94. The van der Waals surface area contributed by atoms with Gasteiger partial charge in [0.2, 0.25) is 0 Å². The van der Waals surface area contributed by atoms with Crippen LogP contribution in [-0.2, 0) is 17.7 Å². The van der Waals surface area contributed by atoms with Crippen molar-refractivity contribution in [3.8, 4) is 5.75 Å². The molecule has 0 unspecified atom stereocenters. The monoisotopic (exact) mass is 290 g/mol. The molecule has 0 radical (unpaired) electrons. The van der Waals surface area contributed by atoms with Crippen molar-refractivity contribution in [1.29, 1.82) is 0 Å². The zero-order chi connectivity index (χ0) is 14.8. The fourth-order valence-electron chi connectivity index (χ4n) is 2.84. The van der Waals surface area contributed by atoms with Crippen molar-refractivity contribution in [2.24, 2.45) is 0 Å². The molecule has 1 aromatic heterocycles. The molecule has 1 fully saturated rings. The van der Waals surface area contributed by atoms with E-state index >= 15 is 0 Å². The van der Waals surface area contributed by atoms with Crippen molar-refractivity contribution in [2.45, 2.75) is 19.9 Å². The molecule has 1 saturated heterocycles. The molecule has 2 heterocycles. The molecule has 5 heteroatoms. The Labute approximate surface area is 122 Å². The van der Waals surface area contributed by atoms with Crippen LogP contribution in [0.15, 0.2) is 27.4 Å². The van der Waals surface area contributed by atoms with E-state index in [1.165, 1.54) is 4.90 Å². The first-order valence-corrected chi connectivity index (χ1v) is 7.37. The molecule has 21 heavy (non-hydrogen) atoms. The minimum atomic E-state index is -0.367. The lowest BCUT2D eigenvalue weighted by Crippen LogP contribution is -3.12. The number of ether oxygens (including phenoxy) is 1. The molecule has 112 valence electrons. The Morgan fingerprint density at radius 3 is 2.67 bits per heavy atom. The summed E-state index contributed by atoms with van der Waals surface area (Å²) in [5, 5.41) is 10.8. The van der Waals surface area contributed by atoms with E-state index in [9.17, 15) is 9.90 Å². The van der Waals surface area contributed by atoms with Crippen molar-refractivity contribution < 1.29 is 19.2 Å². The molecule has 0 spiro atoms. The second kappa shape index (κ2) is 5.87. The number of quaternary nitrogens is 1. The normalized spacial score (nSPS) is 16.4. The lowest BCUT2D eigenvalue weighted by molar-refractivity contribution is -0.921. The number of hydrogen-bond donors (Lipinski definition) is 2. The van der Waals surface area contributed by atoms with Crippen molar-refractivity contribution >= 4 is 11.0 Å². The second-order valence-electron chi connectivity index (χ2n) is 5.46. The summed E-state index contributed by atoms with van der Waals surface area (Å²) < 4.78 is 10.6.